The fourth-order valence-corrected chi connectivity index (χ4v) is 7.56. The lowest BCUT2D eigenvalue weighted by Gasteiger charge is -2.35. The Bertz CT molecular complexity index is 1200. The Morgan fingerprint density at radius 2 is 1.85 bits per heavy atom. The van der Waals surface area contributed by atoms with Crippen LogP contribution in [0.3, 0.4) is 0 Å². The summed E-state index contributed by atoms with van der Waals surface area (Å²) in [6, 6.07) is 18.3. The van der Waals surface area contributed by atoms with E-state index in [1.165, 1.54) is 25.3 Å². The number of halogens is 2. The molecule has 3 heterocycles. The number of carbonyl (C=O) groups excluding carboxylic acids is 1. The molecule has 2 saturated heterocycles. The molecule has 3 unspecified atom stereocenters. The molecule has 2 aromatic carbocycles. The van der Waals surface area contributed by atoms with Crippen LogP contribution in [-0.2, 0) is 16.1 Å². The largest absolute Gasteiger partial charge is 0.458 e. The molecule has 4 nitrogen and oxygen atoms in total. The SMILES string of the molecule is CC(=O)OC(CCC1CCN(CC2CN(Cc3ccc(Cl)cc3Cl)CC2c2ccsc2)CC1)c1ccccc1. The van der Waals surface area contributed by atoms with Gasteiger partial charge in [0.2, 0.25) is 0 Å². The van der Waals surface area contributed by atoms with Gasteiger partial charge in [0, 0.05) is 49.1 Å². The molecule has 0 aliphatic carbocycles. The van der Waals surface area contributed by atoms with Gasteiger partial charge >= 0.3 is 5.97 Å². The van der Waals surface area contributed by atoms with E-state index in [4.69, 9.17) is 27.9 Å². The highest BCUT2D eigenvalue weighted by Crippen LogP contribution is 2.37. The van der Waals surface area contributed by atoms with Gasteiger partial charge in [0.15, 0.2) is 0 Å². The minimum Gasteiger partial charge on any atom is -0.458 e. The maximum absolute atomic E-state index is 11.7. The summed E-state index contributed by atoms with van der Waals surface area (Å²) in [7, 11) is 0. The van der Waals surface area contributed by atoms with E-state index in [0.717, 1.165) is 68.3 Å². The van der Waals surface area contributed by atoms with Crippen LogP contribution in [0.25, 0.3) is 0 Å². The van der Waals surface area contributed by atoms with E-state index in [2.05, 4.69) is 44.8 Å². The number of benzene rings is 2. The fraction of sp³-hybridized carbons (Fsp3) is 0.469. The van der Waals surface area contributed by atoms with Crippen LogP contribution in [0.1, 0.15) is 61.3 Å². The Morgan fingerprint density at radius 1 is 1.05 bits per heavy atom. The third-order valence-electron chi connectivity index (χ3n) is 8.41. The zero-order valence-electron chi connectivity index (χ0n) is 22.6. The van der Waals surface area contributed by atoms with Crippen molar-refractivity contribution in [2.75, 3.05) is 32.7 Å². The lowest BCUT2D eigenvalue weighted by molar-refractivity contribution is -0.147. The Morgan fingerprint density at radius 3 is 2.54 bits per heavy atom. The van der Waals surface area contributed by atoms with E-state index >= 15 is 0 Å². The molecule has 0 saturated carbocycles. The molecule has 3 atom stereocenters. The first-order valence-corrected chi connectivity index (χ1v) is 15.8. The maximum atomic E-state index is 11.7. The molecule has 2 aliphatic rings. The standard InChI is InChI=1S/C32H38Cl2N2O2S/c1-23(37)38-32(25-5-3-2-4-6-25)10-7-24-11-14-35(15-12-24)19-28-20-36(21-30(28)27-13-16-39-22-27)18-26-8-9-29(33)17-31(26)34/h2-6,8-9,13,16-17,22,24,28,30,32H,7,10-12,14-15,18-21H2,1H3. The number of hydrogen-bond donors (Lipinski definition) is 0. The third-order valence-corrected chi connectivity index (χ3v) is 9.70. The van der Waals surface area contributed by atoms with Crippen LogP contribution in [0, 0.1) is 11.8 Å². The number of carbonyl (C=O) groups is 1. The van der Waals surface area contributed by atoms with Crippen molar-refractivity contribution >= 4 is 40.5 Å². The summed E-state index contributed by atoms with van der Waals surface area (Å²) in [5.41, 5.74) is 3.71. The van der Waals surface area contributed by atoms with Gasteiger partial charge in [0.05, 0.1) is 0 Å². The van der Waals surface area contributed by atoms with Crippen molar-refractivity contribution in [2.24, 2.45) is 11.8 Å². The number of piperidine rings is 1. The van der Waals surface area contributed by atoms with Gasteiger partial charge in [0.25, 0.3) is 0 Å². The molecule has 0 N–H and O–H groups in total. The normalized spacial score (nSPS) is 21.7. The molecular weight excluding hydrogens is 547 g/mol. The molecule has 0 amide bonds. The summed E-state index contributed by atoms with van der Waals surface area (Å²) in [4.78, 5) is 17.0. The highest BCUT2D eigenvalue weighted by atomic mass is 35.5. The van der Waals surface area contributed by atoms with E-state index in [9.17, 15) is 4.79 Å². The quantitative estimate of drug-likeness (QED) is 0.225. The monoisotopic (exact) mass is 584 g/mol. The molecule has 5 rings (SSSR count). The second-order valence-corrected chi connectivity index (χ2v) is 12.8. The molecular formula is C32H38Cl2N2O2S. The molecule has 208 valence electrons. The molecule has 0 radical (unpaired) electrons. The van der Waals surface area contributed by atoms with Crippen molar-refractivity contribution in [3.63, 3.8) is 0 Å². The Balaban J connectivity index is 1.15. The lowest BCUT2D eigenvalue weighted by atomic mass is 9.87. The van der Waals surface area contributed by atoms with E-state index in [1.807, 2.05) is 30.3 Å². The van der Waals surface area contributed by atoms with Gasteiger partial charge in [-0.3, -0.25) is 9.69 Å². The van der Waals surface area contributed by atoms with Gasteiger partial charge in [-0.05, 0) is 96.3 Å². The molecule has 3 aromatic rings. The van der Waals surface area contributed by atoms with Gasteiger partial charge in [-0.15, -0.1) is 0 Å². The molecule has 2 fully saturated rings. The summed E-state index contributed by atoms with van der Waals surface area (Å²) in [6.45, 7) is 7.94. The van der Waals surface area contributed by atoms with Crippen LogP contribution < -0.4 is 0 Å². The smallest absolute Gasteiger partial charge is 0.303 e. The zero-order valence-corrected chi connectivity index (χ0v) is 24.9. The maximum Gasteiger partial charge on any atom is 0.303 e. The highest BCUT2D eigenvalue weighted by molar-refractivity contribution is 7.08. The Labute approximate surface area is 246 Å². The second kappa shape index (κ2) is 13.6. The topological polar surface area (TPSA) is 32.8 Å². The summed E-state index contributed by atoms with van der Waals surface area (Å²) >= 11 is 14.4. The number of thiophene rings is 1. The third kappa shape index (κ3) is 7.86. The highest BCUT2D eigenvalue weighted by Gasteiger charge is 2.36. The predicted molar refractivity (Wildman–Crippen MR) is 162 cm³/mol. The number of likely N-dealkylation sites (tertiary alicyclic amines) is 2. The van der Waals surface area contributed by atoms with E-state index < -0.39 is 0 Å². The zero-order chi connectivity index (χ0) is 27.2. The first-order chi connectivity index (χ1) is 18.9. The van der Waals surface area contributed by atoms with Gasteiger partial charge in [0.1, 0.15) is 6.10 Å². The van der Waals surface area contributed by atoms with Crippen LogP contribution in [0.5, 0.6) is 0 Å². The summed E-state index contributed by atoms with van der Waals surface area (Å²) in [6.07, 6.45) is 4.26. The van der Waals surface area contributed by atoms with Crippen LogP contribution in [0.4, 0.5) is 0 Å². The first-order valence-electron chi connectivity index (χ1n) is 14.1. The Kier molecular flexibility index (Phi) is 10.0. The van der Waals surface area contributed by atoms with Crippen LogP contribution in [0.2, 0.25) is 10.0 Å². The number of rotatable bonds is 10. The van der Waals surface area contributed by atoms with Crippen molar-refractivity contribution in [2.45, 2.75) is 51.2 Å². The molecule has 0 spiro atoms. The molecule has 2 aliphatic heterocycles. The minimum atomic E-state index is -0.206. The van der Waals surface area contributed by atoms with Crippen molar-refractivity contribution < 1.29 is 9.53 Å². The summed E-state index contributed by atoms with van der Waals surface area (Å²) < 4.78 is 5.68. The van der Waals surface area contributed by atoms with Crippen molar-refractivity contribution in [3.05, 3.63) is 92.1 Å². The summed E-state index contributed by atoms with van der Waals surface area (Å²) in [5, 5.41) is 5.97. The predicted octanol–water partition coefficient (Wildman–Crippen LogP) is 8.07. The van der Waals surface area contributed by atoms with Crippen molar-refractivity contribution in [1.29, 1.82) is 0 Å². The number of ether oxygens (including phenoxy) is 1. The van der Waals surface area contributed by atoms with Crippen LogP contribution >= 0.6 is 34.5 Å². The average Bonchev–Trinajstić information content (AvgIpc) is 3.59. The van der Waals surface area contributed by atoms with Crippen LogP contribution in [-0.4, -0.2) is 48.5 Å². The lowest BCUT2D eigenvalue weighted by Crippen LogP contribution is -2.38. The summed E-state index contributed by atoms with van der Waals surface area (Å²) in [5.74, 6) is 1.63. The number of hydrogen-bond acceptors (Lipinski definition) is 5. The van der Waals surface area contributed by atoms with Crippen molar-refractivity contribution in [3.8, 4) is 0 Å². The second-order valence-electron chi connectivity index (χ2n) is 11.2. The number of nitrogens with zero attached hydrogens (tertiary/aromatic N) is 2. The van der Waals surface area contributed by atoms with E-state index in [0.29, 0.717) is 22.8 Å². The fourth-order valence-electron chi connectivity index (χ4n) is 6.37. The minimum absolute atomic E-state index is 0.147. The van der Waals surface area contributed by atoms with Gasteiger partial charge < -0.3 is 9.64 Å². The van der Waals surface area contributed by atoms with Gasteiger partial charge in [-0.25, -0.2) is 0 Å². The molecule has 0 bridgehead atoms. The van der Waals surface area contributed by atoms with Gasteiger partial charge in [-0.1, -0.05) is 59.6 Å². The molecule has 39 heavy (non-hydrogen) atoms. The van der Waals surface area contributed by atoms with E-state index in [1.54, 1.807) is 11.3 Å². The molecule has 7 heteroatoms. The Hall–Kier alpha value is -1.89. The van der Waals surface area contributed by atoms with E-state index in [-0.39, 0.29) is 12.1 Å². The average molecular weight is 586 g/mol. The van der Waals surface area contributed by atoms with Gasteiger partial charge in [-0.2, -0.15) is 11.3 Å². The molecule has 1 aromatic heterocycles. The van der Waals surface area contributed by atoms with Crippen LogP contribution in [0.15, 0.2) is 65.4 Å². The van der Waals surface area contributed by atoms with Crippen molar-refractivity contribution in [1.82, 2.24) is 9.80 Å². The number of esters is 1. The first kappa shape index (κ1) is 28.6.